The Hall–Kier alpha value is -2.79. The molecule has 0 aliphatic heterocycles. The number of carbonyl (C=O) groups is 1. The zero-order valence-corrected chi connectivity index (χ0v) is 13.8. The van der Waals surface area contributed by atoms with E-state index in [-0.39, 0.29) is 18.2 Å². The first-order valence-electron chi connectivity index (χ1n) is 8.59. The van der Waals surface area contributed by atoms with Crippen LogP contribution in [0.4, 0.5) is 0 Å². The molecule has 3 atom stereocenters. The second-order valence-electron chi connectivity index (χ2n) is 6.01. The van der Waals surface area contributed by atoms with Crippen LogP contribution in [0.15, 0.2) is 72.0 Å². The predicted octanol–water partition coefficient (Wildman–Crippen LogP) is 4.94. The van der Waals surface area contributed by atoms with Gasteiger partial charge < -0.3 is 4.74 Å². The van der Waals surface area contributed by atoms with Crippen LogP contribution in [0.2, 0.25) is 0 Å². The van der Waals surface area contributed by atoms with Crippen molar-refractivity contribution in [3.05, 3.63) is 83.1 Å². The van der Waals surface area contributed by atoms with Crippen molar-refractivity contribution in [3.63, 3.8) is 0 Å². The summed E-state index contributed by atoms with van der Waals surface area (Å²) in [5.41, 5.74) is 2.48. The van der Waals surface area contributed by atoms with E-state index >= 15 is 0 Å². The Morgan fingerprint density at radius 1 is 1.08 bits per heavy atom. The first kappa shape index (κ1) is 14.8. The van der Waals surface area contributed by atoms with Crippen molar-refractivity contribution in [3.8, 4) is 11.8 Å². The molecule has 2 aromatic carbocycles. The lowest BCUT2D eigenvalue weighted by Gasteiger charge is -2.05. The topological polar surface area (TPSA) is 26.3 Å². The Morgan fingerprint density at radius 3 is 2.33 bits per heavy atom. The van der Waals surface area contributed by atoms with Crippen molar-refractivity contribution >= 4 is 5.97 Å². The maximum atomic E-state index is 12.2. The van der Waals surface area contributed by atoms with Gasteiger partial charge in [0.25, 0.3) is 0 Å². The molecule has 1 aliphatic carbocycles. The van der Waals surface area contributed by atoms with Gasteiger partial charge in [-0.1, -0.05) is 54.5 Å². The van der Waals surface area contributed by atoms with Crippen LogP contribution in [0, 0.1) is 17.8 Å². The van der Waals surface area contributed by atoms with Crippen molar-refractivity contribution < 1.29 is 10.9 Å². The Balaban J connectivity index is 1.72. The van der Waals surface area contributed by atoms with Crippen LogP contribution in [0.25, 0.3) is 0 Å². The van der Waals surface area contributed by atoms with Crippen LogP contribution in [0.5, 0.6) is 0 Å². The van der Waals surface area contributed by atoms with E-state index in [0.717, 1.165) is 11.1 Å². The molecule has 0 spiro atoms. The summed E-state index contributed by atoms with van der Waals surface area (Å²) in [5.74, 6) is 6.18. The Morgan fingerprint density at radius 2 is 1.71 bits per heavy atom. The Kier molecular flexibility index (Phi) is 4.43. The second-order valence-corrected chi connectivity index (χ2v) is 6.01. The first-order valence-corrected chi connectivity index (χ1v) is 8.01. The lowest BCUT2D eigenvalue weighted by atomic mass is 10.1. The van der Waals surface area contributed by atoms with Gasteiger partial charge in [-0.2, -0.15) is 0 Å². The zero-order chi connectivity index (χ0) is 17.8. The van der Waals surface area contributed by atoms with Gasteiger partial charge in [-0.25, -0.2) is 4.79 Å². The molecule has 0 saturated heterocycles. The molecular formula is C22H20O2. The average molecular weight is 317 g/mol. The molecule has 1 saturated carbocycles. The molecule has 0 N–H and O–H groups in total. The van der Waals surface area contributed by atoms with Gasteiger partial charge in [0.2, 0.25) is 0 Å². The summed E-state index contributed by atoms with van der Waals surface area (Å²) in [4.78, 5) is 12.2. The minimum Gasteiger partial charge on any atom is -0.414 e. The third-order valence-corrected chi connectivity index (χ3v) is 3.86. The van der Waals surface area contributed by atoms with E-state index in [0.29, 0.717) is 11.3 Å². The molecule has 2 heteroatoms. The molecule has 3 rings (SSSR count). The fourth-order valence-corrected chi connectivity index (χ4v) is 2.42. The highest BCUT2D eigenvalue weighted by atomic mass is 16.5. The highest BCUT2D eigenvalue weighted by Gasteiger charge is 2.36. The van der Waals surface area contributed by atoms with E-state index in [9.17, 15) is 4.79 Å². The molecule has 1 fully saturated rings. The summed E-state index contributed by atoms with van der Waals surface area (Å²) in [5, 5.41) is 0. The molecular weight excluding hydrogens is 296 g/mol. The molecule has 0 amide bonds. The minimum absolute atomic E-state index is 0.0211. The molecule has 2 nitrogen and oxygen atoms in total. The third-order valence-electron chi connectivity index (χ3n) is 3.86. The Bertz CT molecular complexity index is 840. The van der Waals surface area contributed by atoms with Gasteiger partial charge >= 0.3 is 5.97 Å². The van der Waals surface area contributed by atoms with Crippen LogP contribution in [-0.2, 0) is 4.74 Å². The van der Waals surface area contributed by atoms with Gasteiger partial charge in [0.15, 0.2) is 5.76 Å². The monoisotopic (exact) mass is 317 g/mol. The molecule has 0 heterocycles. The van der Waals surface area contributed by atoms with Gasteiger partial charge in [0.1, 0.15) is 0 Å². The third kappa shape index (κ3) is 3.94. The van der Waals surface area contributed by atoms with Crippen molar-refractivity contribution in [1.82, 2.24) is 0 Å². The van der Waals surface area contributed by atoms with Crippen LogP contribution in [0.1, 0.15) is 43.5 Å². The molecule has 2 aromatic rings. The first-order chi connectivity index (χ1) is 12.1. The van der Waals surface area contributed by atoms with Gasteiger partial charge in [-0.15, -0.1) is 0 Å². The quantitative estimate of drug-likeness (QED) is 0.455. The molecule has 0 radical (unpaired) electrons. The minimum atomic E-state index is -0.413. The fourth-order valence-electron chi connectivity index (χ4n) is 2.42. The van der Waals surface area contributed by atoms with Crippen molar-refractivity contribution in [2.45, 2.75) is 26.2 Å². The number of hydrogen-bond acceptors (Lipinski definition) is 2. The number of benzene rings is 2. The van der Waals surface area contributed by atoms with E-state index in [1.807, 2.05) is 50.2 Å². The normalized spacial score (nSPS) is 21.8. The van der Waals surface area contributed by atoms with Crippen LogP contribution in [0.3, 0.4) is 0 Å². The lowest BCUT2D eigenvalue weighted by molar-refractivity contribution is 0.0637. The zero-order valence-electron chi connectivity index (χ0n) is 14.8. The number of carbonyl (C=O) groups excluding carboxylic acids is 1. The van der Waals surface area contributed by atoms with Gasteiger partial charge in [-0.3, -0.25) is 0 Å². The Labute approximate surface area is 144 Å². The number of hydrogen-bond donors (Lipinski definition) is 0. The largest absolute Gasteiger partial charge is 0.414 e. The van der Waals surface area contributed by atoms with Crippen LogP contribution >= 0.6 is 0 Å². The average Bonchev–Trinajstić information content (AvgIpc) is 3.29. The summed E-state index contributed by atoms with van der Waals surface area (Å²) in [6.45, 7) is 3.73. The molecule has 24 heavy (non-hydrogen) atoms. The smallest absolute Gasteiger partial charge is 0.344 e. The van der Waals surface area contributed by atoms with E-state index in [1.165, 1.54) is 0 Å². The standard InChI is InChI=1S/C22H20O2/c1-16(2)21(24-22(23)18-11-7-4-8-12-18)14-13-19-15-20(19)17-9-5-3-6-10-17/h3-12,19-20H,15H2,1-2H3/t19-,20-/m0/s1/i15D/t15-,19-,20-. The predicted molar refractivity (Wildman–Crippen MR) is 95.3 cm³/mol. The van der Waals surface area contributed by atoms with Crippen molar-refractivity contribution in [2.75, 3.05) is 0 Å². The maximum absolute atomic E-state index is 12.2. The van der Waals surface area contributed by atoms with E-state index < -0.39 is 5.97 Å². The number of rotatable bonds is 3. The van der Waals surface area contributed by atoms with Gasteiger partial charge in [0, 0.05) is 7.29 Å². The number of ether oxygens (including phenoxy) is 1. The molecule has 0 unspecified atom stereocenters. The summed E-state index contributed by atoms with van der Waals surface area (Å²) in [7, 11) is 0. The summed E-state index contributed by atoms with van der Waals surface area (Å²) >= 11 is 0. The summed E-state index contributed by atoms with van der Waals surface area (Å²) < 4.78 is 13.6. The van der Waals surface area contributed by atoms with Crippen LogP contribution < -0.4 is 0 Å². The summed E-state index contributed by atoms with van der Waals surface area (Å²) in [6.07, 6.45) is -0.224. The van der Waals surface area contributed by atoms with Crippen molar-refractivity contribution in [1.29, 1.82) is 0 Å². The fraction of sp³-hybridized carbons (Fsp3) is 0.227. The van der Waals surface area contributed by atoms with E-state index in [1.54, 1.807) is 24.3 Å². The van der Waals surface area contributed by atoms with Crippen LogP contribution in [-0.4, -0.2) is 5.97 Å². The SMILES string of the molecule is [2H][C@H]1[C@H](C#CC(OC(=O)c2ccccc2)=C(C)C)[C@@H]1c1ccccc1. The molecule has 120 valence electrons. The lowest BCUT2D eigenvalue weighted by Crippen LogP contribution is -2.05. The van der Waals surface area contributed by atoms with Gasteiger partial charge in [0.05, 0.1) is 5.56 Å². The highest BCUT2D eigenvalue weighted by Crippen LogP contribution is 2.46. The molecule has 0 aromatic heterocycles. The van der Waals surface area contributed by atoms with Gasteiger partial charge in [-0.05, 0) is 55.4 Å². The highest BCUT2D eigenvalue weighted by molar-refractivity contribution is 5.90. The second kappa shape index (κ2) is 7.19. The maximum Gasteiger partial charge on any atom is 0.344 e. The van der Waals surface area contributed by atoms with E-state index in [4.69, 9.17) is 6.11 Å². The van der Waals surface area contributed by atoms with Crippen molar-refractivity contribution in [2.24, 2.45) is 5.92 Å². The molecule has 0 bridgehead atoms. The summed E-state index contributed by atoms with van der Waals surface area (Å²) in [6, 6.07) is 18.9. The number of esters is 1. The number of allylic oxidation sites excluding steroid dienone is 2. The van der Waals surface area contributed by atoms with E-state index in [2.05, 4.69) is 11.8 Å². The molecule has 1 aliphatic rings.